The fourth-order valence-electron chi connectivity index (χ4n) is 4.78. The summed E-state index contributed by atoms with van der Waals surface area (Å²) < 4.78 is 1.50. The number of carbonyl (C=O) groups is 1. The number of nitrogens with zero attached hydrogens (tertiary/aromatic N) is 2. The molecule has 0 aliphatic carbocycles. The number of amides is 1. The number of nitrogens with one attached hydrogen (secondary N) is 1. The molecule has 6 nitrogen and oxygen atoms in total. The highest BCUT2D eigenvalue weighted by atomic mass is 35.5. The highest BCUT2D eigenvalue weighted by Gasteiger charge is 2.17. The van der Waals surface area contributed by atoms with E-state index in [2.05, 4.69) is 5.32 Å². The van der Waals surface area contributed by atoms with Crippen molar-refractivity contribution in [3.8, 4) is 22.5 Å². The number of hydrogen-bond donors (Lipinski definition) is 2. The summed E-state index contributed by atoms with van der Waals surface area (Å²) in [6, 6.07) is 29.7. The molecule has 0 spiro atoms. The van der Waals surface area contributed by atoms with Gasteiger partial charge in [0.1, 0.15) is 12.4 Å². The average Bonchev–Trinajstić information content (AvgIpc) is 2.96. The Kier molecular flexibility index (Phi) is 9.47. The van der Waals surface area contributed by atoms with Crippen LogP contribution in [0.25, 0.3) is 44.2 Å². The van der Waals surface area contributed by atoms with Crippen molar-refractivity contribution < 1.29 is 4.79 Å². The standard InChI is InChI=1S/C32H32N4O2.ClH/c33-18-8-1-2-9-19-34-30(37)22-36-31(27-15-14-24-12-6-7-13-25(24)20-27)35-29-17-16-26(21-28(29)32(36)38)23-10-4-3-5-11-23;/h3-7,10-17,20-21H,1-2,8-9,18-19,22,33H2,(H,34,37);1H. The highest BCUT2D eigenvalue weighted by molar-refractivity contribution is 5.89. The van der Waals surface area contributed by atoms with E-state index in [0.29, 0.717) is 29.8 Å². The third-order valence-electron chi connectivity index (χ3n) is 6.82. The van der Waals surface area contributed by atoms with Gasteiger partial charge >= 0.3 is 0 Å². The van der Waals surface area contributed by atoms with Crippen molar-refractivity contribution in [1.82, 2.24) is 14.9 Å². The van der Waals surface area contributed by atoms with Crippen LogP contribution in [0, 0.1) is 0 Å². The Morgan fingerprint density at radius 1 is 0.769 bits per heavy atom. The Morgan fingerprint density at radius 3 is 2.28 bits per heavy atom. The molecule has 0 fully saturated rings. The topological polar surface area (TPSA) is 90.0 Å². The van der Waals surface area contributed by atoms with E-state index in [1.54, 1.807) is 0 Å². The molecule has 5 aromatic rings. The number of fused-ring (bicyclic) bond motifs is 2. The normalized spacial score (nSPS) is 10.9. The number of hydrogen-bond acceptors (Lipinski definition) is 4. The summed E-state index contributed by atoms with van der Waals surface area (Å²) in [7, 11) is 0. The van der Waals surface area contributed by atoms with E-state index in [9.17, 15) is 9.59 Å². The summed E-state index contributed by atoms with van der Waals surface area (Å²) in [5.74, 6) is 0.284. The maximum absolute atomic E-state index is 13.9. The van der Waals surface area contributed by atoms with E-state index in [4.69, 9.17) is 10.7 Å². The zero-order valence-corrected chi connectivity index (χ0v) is 22.6. The zero-order valence-electron chi connectivity index (χ0n) is 21.8. The summed E-state index contributed by atoms with van der Waals surface area (Å²) in [5, 5.41) is 5.61. The van der Waals surface area contributed by atoms with Crippen molar-refractivity contribution in [2.45, 2.75) is 32.2 Å². The zero-order chi connectivity index (χ0) is 26.3. The van der Waals surface area contributed by atoms with Gasteiger partial charge in [-0.2, -0.15) is 0 Å². The second-order valence-electron chi connectivity index (χ2n) is 9.54. The fraction of sp³-hybridized carbons (Fsp3) is 0.219. The first-order valence-electron chi connectivity index (χ1n) is 13.2. The molecule has 1 amide bonds. The number of rotatable bonds is 10. The molecule has 1 heterocycles. The van der Waals surface area contributed by atoms with Gasteiger partial charge in [0.25, 0.3) is 5.56 Å². The number of unbranched alkanes of at least 4 members (excludes halogenated alkanes) is 3. The van der Waals surface area contributed by atoms with E-state index >= 15 is 0 Å². The van der Waals surface area contributed by atoms with Crippen LogP contribution in [0.2, 0.25) is 0 Å². The molecule has 0 unspecified atom stereocenters. The molecule has 0 saturated carbocycles. The molecule has 3 N–H and O–H groups in total. The molecule has 200 valence electrons. The lowest BCUT2D eigenvalue weighted by atomic mass is 10.0. The maximum atomic E-state index is 13.9. The third-order valence-corrected chi connectivity index (χ3v) is 6.82. The summed E-state index contributed by atoms with van der Waals surface area (Å²) in [5.41, 5.74) is 8.69. The second-order valence-corrected chi connectivity index (χ2v) is 9.54. The van der Waals surface area contributed by atoms with Gasteiger partial charge in [-0.3, -0.25) is 14.2 Å². The minimum absolute atomic E-state index is 0. The Hall–Kier alpha value is -4.00. The molecule has 0 bridgehead atoms. The molecular formula is C32H33ClN4O2. The van der Waals surface area contributed by atoms with Gasteiger partial charge in [0, 0.05) is 12.1 Å². The number of halogens is 1. The van der Waals surface area contributed by atoms with Gasteiger partial charge in [0.05, 0.1) is 10.9 Å². The molecule has 0 saturated heterocycles. The largest absolute Gasteiger partial charge is 0.355 e. The minimum atomic E-state index is -0.228. The molecular weight excluding hydrogens is 508 g/mol. The van der Waals surface area contributed by atoms with E-state index < -0.39 is 0 Å². The number of benzene rings is 4. The summed E-state index contributed by atoms with van der Waals surface area (Å²) in [6.07, 6.45) is 3.94. The number of carbonyl (C=O) groups excluding carboxylic acids is 1. The molecule has 39 heavy (non-hydrogen) atoms. The highest BCUT2D eigenvalue weighted by Crippen LogP contribution is 2.26. The van der Waals surface area contributed by atoms with Crippen LogP contribution in [-0.2, 0) is 11.3 Å². The van der Waals surface area contributed by atoms with Crippen molar-refractivity contribution in [1.29, 1.82) is 0 Å². The van der Waals surface area contributed by atoms with Crippen molar-refractivity contribution in [3.63, 3.8) is 0 Å². The monoisotopic (exact) mass is 540 g/mol. The lowest BCUT2D eigenvalue weighted by molar-refractivity contribution is -0.121. The quantitative estimate of drug-likeness (QED) is 0.214. The smallest absolute Gasteiger partial charge is 0.262 e. The molecule has 5 rings (SSSR count). The Morgan fingerprint density at radius 2 is 1.49 bits per heavy atom. The second kappa shape index (κ2) is 13.2. The van der Waals surface area contributed by atoms with Crippen LogP contribution in [0.4, 0.5) is 0 Å². The molecule has 1 aromatic heterocycles. The van der Waals surface area contributed by atoms with E-state index in [1.807, 2.05) is 91.0 Å². The lowest BCUT2D eigenvalue weighted by Gasteiger charge is -2.15. The summed E-state index contributed by atoms with van der Waals surface area (Å²) in [4.78, 5) is 31.7. The predicted octanol–water partition coefficient (Wildman–Crippen LogP) is 5.94. The summed E-state index contributed by atoms with van der Waals surface area (Å²) in [6.45, 7) is 1.17. The van der Waals surface area contributed by atoms with Gasteiger partial charge in [-0.05, 0) is 59.5 Å². The van der Waals surface area contributed by atoms with Gasteiger partial charge in [0.15, 0.2) is 0 Å². The molecule has 4 aromatic carbocycles. The first-order chi connectivity index (χ1) is 18.6. The van der Waals surface area contributed by atoms with Crippen molar-refractivity contribution in [2.24, 2.45) is 5.73 Å². The Bertz CT molecular complexity index is 1630. The van der Waals surface area contributed by atoms with E-state index in [0.717, 1.165) is 53.1 Å². The van der Waals surface area contributed by atoms with Crippen LogP contribution in [0.3, 0.4) is 0 Å². The van der Waals surface area contributed by atoms with Gasteiger partial charge < -0.3 is 11.1 Å². The van der Waals surface area contributed by atoms with Crippen LogP contribution in [-0.4, -0.2) is 28.5 Å². The van der Waals surface area contributed by atoms with Crippen LogP contribution in [0.1, 0.15) is 25.7 Å². The van der Waals surface area contributed by atoms with E-state index in [1.165, 1.54) is 4.57 Å². The average molecular weight is 541 g/mol. The Balaban J connectivity index is 0.00000353. The van der Waals surface area contributed by atoms with E-state index in [-0.39, 0.29) is 30.4 Å². The number of nitrogens with two attached hydrogens (primary N) is 1. The molecule has 0 aliphatic heterocycles. The predicted molar refractivity (Wildman–Crippen MR) is 162 cm³/mol. The van der Waals surface area contributed by atoms with Gasteiger partial charge in [-0.15, -0.1) is 12.4 Å². The van der Waals surface area contributed by atoms with Crippen molar-refractivity contribution >= 4 is 40.0 Å². The lowest BCUT2D eigenvalue weighted by Crippen LogP contribution is -2.34. The summed E-state index contributed by atoms with van der Waals surface area (Å²) >= 11 is 0. The maximum Gasteiger partial charge on any atom is 0.262 e. The third kappa shape index (κ3) is 6.53. The van der Waals surface area contributed by atoms with Gasteiger partial charge in [-0.1, -0.05) is 85.6 Å². The van der Waals surface area contributed by atoms with Gasteiger partial charge in [0.2, 0.25) is 5.91 Å². The van der Waals surface area contributed by atoms with Crippen LogP contribution in [0.5, 0.6) is 0 Å². The Labute approximate surface area is 234 Å². The molecule has 0 atom stereocenters. The van der Waals surface area contributed by atoms with Crippen LogP contribution in [0.15, 0.2) is 95.8 Å². The molecule has 0 radical (unpaired) electrons. The number of aromatic nitrogens is 2. The van der Waals surface area contributed by atoms with Crippen molar-refractivity contribution in [3.05, 3.63) is 101 Å². The molecule has 7 heteroatoms. The van der Waals surface area contributed by atoms with Crippen LogP contribution >= 0.6 is 12.4 Å². The van der Waals surface area contributed by atoms with Crippen molar-refractivity contribution in [2.75, 3.05) is 13.1 Å². The van der Waals surface area contributed by atoms with Gasteiger partial charge in [-0.25, -0.2) is 4.98 Å². The first kappa shape index (κ1) is 28.0. The van der Waals surface area contributed by atoms with Crippen LogP contribution < -0.4 is 16.6 Å². The molecule has 0 aliphatic rings. The minimum Gasteiger partial charge on any atom is -0.355 e. The SMILES string of the molecule is Cl.NCCCCCCNC(=O)Cn1c(-c2ccc3ccccc3c2)nc2ccc(-c3ccccc3)cc2c1=O. The fourth-order valence-corrected chi connectivity index (χ4v) is 4.78. The first-order valence-corrected chi connectivity index (χ1v) is 13.2.